The number of hydrogen-bond donors (Lipinski definition) is 0. The van der Waals surface area contributed by atoms with Crippen molar-refractivity contribution in [3.63, 3.8) is 0 Å². The minimum Gasteiger partial charge on any atom is -0.461 e. The third-order valence-electron chi connectivity index (χ3n) is 3.92. The van der Waals surface area contributed by atoms with Gasteiger partial charge >= 0.3 is 0 Å². The Morgan fingerprint density at radius 2 is 2.36 bits per heavy atom. The van der Waals surface area contributed by atoms with E-state index in [4.69, 9.17) is 13.7 Å². The van der Waals surface area contributed by atoms with E-state index < -0.39 is 0 Å². The molecule has 1 saturated heterocycles. The molecule has 0 saturated carbocycles. The summed E-state index contributed by atoms with van der Waals surface area (Å²) in [5, 5.41) is 3.91. The molecule has 0 aliphatic carbocycles. The second-order valence-electron chi connectivity index (χ2n) is 5.58. The van der Waals surface area contributed by atoms with Gasteiger partial charge in [-0.25, -0.2) is 0 Å². The second-order valence-corrected chi connectivity index (χ2v) is 5.58. The summed E-state index contributed by atoms with van der Waals surface area (Å²) in [5.74, 6) is 1.22. The molecule has 22 heavy (non-hydrogen) atoms. The summed E-state index contributed by atoms with van der Waals surface area (Å²) < 4.78 is 15.9. The normalized spacial score (nSPS) is 18.6. The molecule has 2 aromatic rings. The third-order valence-corrected chi connectivity index (χ3v) is 3.92. The van der Waals surface area contributed by atoms with Crippen LogP contribution in [0, 0.1) is 0 Å². The van der Waals surface area contributed by atoms with E-state index in [0.717, 1.165) is 19.4 Å². The van der Waals surface area contributed by atoms with E-state index in [9.17, 15) is 4.79 Å². The Morgan fingerprint density at radius 1 is 1.45 bits per heavy atom. The molecule has 2 aromatic heterocycles. The smallest absolute Gasteiger partial charge is 0.248 e. The number of rotatable bonds is 5. The van der Waals surface area contributed by atoms with Crippen molar-refractivity contribution in [3.05, 3.63) is 30.2 Å². The van der Waals surface area contributed by atoms with Crippen LogP contribution in [0.25, 0.3) is 11.5 Å². The van der Waals surface area contributed by atoms with Gasteiger partial charge in [0.05, 0.1) is 12.9 Å². The van der Waals surface area contributed by atoms with Crippen LogP contribution in [0.5, 0.6) is 0 Å². The topological polar surface area (TPSA) is 68.7 Å². The molecule has 1 fully saturated rings. The van der Waals surface area contributed by atoms with E-state index in [1.807, 2.05) is 4.90 Å². The number of ether oxygens (including phenoxy) is 1. The van der Waals surface area contributed by atoms with Crippen LogP contribution >= 0.6 is 0 Å². The third kappa shape index (κ3) is 3.39. The number of hydrogen-bond acceptors (Lipinski definition) is 5. The monoisotopic (exact) mass is 304 g/mol. The Morgan fingerprint density at radius 3 is 3.14 bits per heavy atom. The highest BCUT2D eigenvalue weighted by atomic mass is 16.5. The number of aromatic nitrogens is 1. The van der Waals surface area contributed by atoms with Gasteiger partial charge < -0.3 is 18.6 Å². The van der Waals surface area contributed by atoms with Crippen LogP contribution in [0.2, 0.25) is 0 Å². The molecule has 1 aliphatic rings. The van der Waals surface area contributed by atoms with Gasteiger partial charge in [-0.1, -0.05) is 5.16 Å². The molecular formula is C16H20N2O4. The Balaban J connectivity index is 1.48. The van der Waals surface area contributed by atoms with Gasteiger partial charge in [-0.3, -0.25) is 4.79 Å². The Kier molecular flexibility index (Phi) is 4.58. The van der Waals surface area contributed by atoms with Gasteiger partial charge in [0, 0.05) is 18.7 Å². The van der Waals surface area contributed by atoms with Crippen LogP contribution in [-0.2, 0) is 16.1 Å². The van der Waals surface area contributed by atoms with Crippen LogP contribution in [0.4, 0.5) is 0 Å². The summed E-state index contributed by atoms with van der Waals surface area (Å²) in [7, 11) is 0. The quantitative estimate of drug-likeness (QED) is 0.849. The molecule has 3 heterocycles. The number of likely N-dealkylation sites (tertiary alicyclic amines) is 1. The van der Waals surface area contributed by atoms with Crippen molar-refractivity contribution in [1.29, 1.82) is 0 Å². The lowest BCUT2D eigenvalue weighted by Gasteiger charge is -2.33. The summed E-state index contributed by atoms with van der Waals surface area (Å²) in [6, 6.07) is 5.65. The van der Waals surface area contributed by atoms with Crippen LogP contribution < -0.4 is 0 Å². The first kappa shape index (κ1) is 14.8. The minimum atomic E-state index is 0.0435. The van der Waals surface area contributed by atoms with E-state index in [1.165, 1.54) is 6.42 Å². The number of nitrogens with zero attached hydrogens (tertiary/aromatic N) is 2. The maximum absolute atomic E-state index is 12.1. The van der Waals surface area contributed by atoms with Gasteiger partial charge in [-0.2, -0.15) is 0 Å². The Hall–Kier alpha value is -2.08. The Labute approximate surface area is 129 Å². The highest BCUT2D eigenvalue weighted by Gasteiger charge is 2.23. The molecule has 3 rings (SSSR count). The average Bonchev–Trinajstić information content (AvgIpc) is 3.18. The lowest BCUT2D eigenvalue weighted by molar-refractivity contribution is -0.139. The highest BCUT2D eigenvalue weighted by Crippen LogP contribution is 2.21. The molecule has 0 N–H and O–H groups in total. The molecule has 1 aliphatic heterocycles. The summed E-state index contributed by atoms with van der Waals surface area (Å²) in [4.78, 5) is 14.0. The van der Waals surface area contributed by atoms with E-state index in [-0.39, 0.29) is 19.1 Å². The average molecular weight is 304 g/mol. The van der Waals surface area contributed by atoms with Gasteiger partial charge in [-0.15, -0.1) is 0 Å². The summed E-state index contributed by atoms with van der Waals surface area (Å²) in [6.07, 6.45) is 4.92. The lowest BCUT2D eigenvalue weighted by Crippen LogP contribution is -2.43. The van der Waals surface area contributed by atoms with Crippen molar-refractivity contribution in [1.82, 2.24) is 10.1 Å². The second kappa shape index (κ2) is 6.79. The number of piperidine rings is 1. The van der Waals surface area contributed by atoms with E-state index in [2.05, 4.69) is 12.1 Å². The van der Waals surface area contributed by atoms with Crippen molar-refractivity contribution >= 4 is 5.91 Å². The number of furan rings is 1. The molecule has 6 heteroatoms. The lowest BCUT2D eigenvalue weighted by atomic mass is 10.0. The summed E-state index contributed by atoms with van der Waals surface area (Å²) in [6.45, 7) is 3.24. The van der Waals surface area contributed by atoms with Crippen LogP contribution in [-0.4, -0.2) is 35.2 Å². The highest BCUT2D eigenvalue weighted by molar-refractivity contribution is 5.77. The zero-order valence-corrected chi connectivity index (χ0v) is 12.7. The van der Waals surface area contributed by atoms with Crippen LogP contribution in [0.3, 0.4) is 0 Å². The fourth-order valence-electron chi connectivity index (χ4n) is 2.71. The van der Waals surface area contributed by atoms with Crippen molar-refractivity contribution in [2.45, 2.75) is 38.8 Å². The van der Waals surface area contributed by atoms with Gasteiger partial charge in [0.1, 0.15) is 12.3 Å². The van der Waals surface area contributed by atoms with Gasteiger partial charge in [-0.05, 0) is 38.3 Å². The molecule has 0 radical (unpaired) electrons. The first-order valence-corrected chi connectivity index (χ1v) is 7.61. The standard InChI is InChI=1S/C16H20N2O4/c1-12-5-2-3-7-18(12)16(19)11-20-10-13-9-15(22-17-13)14-6-4-8-21-14/h4,6,8-9,12H,2-3,5,7,10-11H2,1H3/t12-/m0/s1. The molecule has 6 nitrogen and oxygen atoms in total. The zero-order valence-electron chi connectivity index (χ0n) is 12.7. The van der Waals surface area contributed by atoms with Gasteiger partial charge in [0.2, 0.25) is 11.7 Å². The van der Waals surface area contributed by atoms with Gasteiger partial charge in [0.15, 0.2) is 5.76 Å². The fraction of sp³-hybridized carbons (Fsp3) is 0.500. The first-order valence-electron chi connectivity index (χ1n) is 7.61. The van der Waals surface area contributed by atoms with E-state index in [0.29, 0.717) is 23.3 Å². The zero-order chi connectivity index (χ0) is 15.4. The summed E-state index contributed by atoms with van der Waals surface area (Å²) >= 11 is 0. The van der Waals surface area contributed by atoms with Crippen molar-refractivity contribution in [2.75, 3.05) is 13.2 Å². The molecule has 0 aromatic carbocycles. The maximum Gasteiger partial charge on any atom is 0.248 e. The van der Waals surface area contributed by atoms with Crippen molar-refractivity contribution in [3.8, 4) is 11.5 Å². The fourth-order valence-corrected chi connectivity index (χ4v) is 2.71. The van der Waals surface area contributed by atoms with Crippen LogP contribution in [0.15, 0.2) is 33.4 Å². The minimum absolute atomic E-state index is 0.0435. The SMILES string of the molecule is C[C@H]1CCCCN1C(=O)COCc1cc(-c2ccco2)on1. The van der Waals surface area contributed by atoms with Crippen LogP contribution in [0.1, 0.15) is 31.9 Å². The molecule has 0 unspecified atom stereocenters. The first-order chi connectivity index (χ1) is 10.7. The van der Waals surface area contributed by atoms with Gasteiger partial charge in [0.25, 0.3) is 0 Å². The maximum atomic E-state index is 12.1. The molecular weight excluding hydrogens is 284 g/mol. The predicted molar refractivity (Wildman–Crippen MR) is 78.9 cm³/mol. The van der Waals surface area contributed by atoms with Crippen molar-refractivity contribution in [2.24, 2.45) is 0 Å². The number of amides is 1. The molecule has 1 atom stereocenters. The number of carbonyl (C=O) groups excluding carboxylic acids is 1. The molecule has 1 amide bonds. The van der Waals surface area contributed by atoms with E-state index >= 15 is 0 Å². The Bertz CT molecular complexity index is 605. The summed E-state index contributed by atoms with van der Waals surface area (Å²) in [5.41, 5.74) is 0.644. The largest absolute Gasteiger partial charge is 0.461 e. The molecule has 118 valence electrons. The molecule has 0 bridgehead atoms. The van der Waals surface area contributed by atoms with Crippen molar-refractivity contribution < 1.29 is 18.5 Å². The molecule has 0 spiro atoms. The van der Waals surface area contributed by atoms with E-state index in [1.54, 1.807) is 24.5 Å². The predicted octanol–water partition coefficient (Wildman–Crippen LogP) is 2.85. The number of carbonyl (C=O) groups is 1.